The van der Waals surface area contributed by atoms with Crippen LogP contribution >= 0.6 is 0 Å². The van der Waals surface area contributed by atoms with Crippen molar-refractivity contribution in [3.8, 4) is 6.07 Å². The molecule has 0 atom stereocenters. The lowest BCUT2D eigenvalue weighted by atomic mass is 10.3. The van der Waals surface area contributed by atoms with Gasteiger partial charge in [-0.3, -0.25) is 0 Å². The summed E-state index contributed by atoms with van der Waals surface area (Å²) in [6.07, 6.45) is 2.96. The van der Waals surface area contributed by atoms with E-state index >= 15 is 0 Å². The van der Waals surface area contributed by atoms with Crippen molar-refractivity contribution in [3.63, 3.8) is 0 Å². The number of nitrogens with one attached hydrogen (secondary N) is 1. The van der Waals surface area contributed by atoms with Crippen LogP contribution in [-0.2, 0) is 16.1 Å². The normalized spacial score (nSPS) is 10.8. The van der Waals surface area contributed by atoms with Crippen LogP contribution in [0.15, 0.2) is 24.0 Å². The second kappa shape index (κ2) is 6.33. The highest BCUT2D eigenvalue weighted by molar-refractivity contribution is 5.93. The monoisotopic (exact) mass is 234 g/mol. The number of esters is 1. The molecule has 0 aliphatic rings. The predicted molar refractivity (Wildman–Crippen MR) is 61.9 cm³/mol. The fraction of sp³-hybridized carbons (Fsp3) is 0.364. The summed E-state index contributed by atoms with van der Waals surface area (Å²) >= 11 is 0. The van der Waals surface area contributed by atoms with Crippen LogP contribution in [0.2, 0.25) is 0 Å². The van der Waals surface area contributed by atoms with Gasteiger partial charge in [-0.25, -0.2) is 9.48 Å². The molecule has 1 aromatic heterocycles. The van der Waals surface area contributed by atoms with Gasteiger partial charge < -0.3 is 10.1 Å². The van der Waals surface area contributed by atoms with E-state index in [2.05, 4.69) is 10.4 Å². The third-order valence-corrected chi connectivity index (χ3v) is 2.00. The molecule has 0 aromatic carbocycles. The number of ether oxygens (including phenoxy) is 1. The molecule has 0 spiro atoms. The van der Waals surface area contributed by atoms with E-state index in [1.54, 1.807) is 29.9 Å². The second-order valence-electron chi connectivity index (χ2n) is 3.07. The van der Waals surface area contributed by atoms with E-state index in [-0.39, 0.29) is 12.2 Å². The van der Waals surface area contributed by atoms with E-state index in [4.69, 9.17) is 10.00 Å². The molecule has 0 amide bonds. The zero-order valence-electron chi connectivity index (χ0n) is 9.80. The van der Waals surface area contributed by atoms with Gasteiger partial charge >= 0.3 is 5.97 Å². The largest absolute Gasteiger partial charge is 0.462 e. The number of carbonyl (C=O) groups is 1. The zero-order chi connectivity index (χ0) is 12.7. The number of hydrogen-bond donors (Lipinski definition) is 1. The van der Waals surface area contributed by atoms with Gasteiger partial charge in [0.25, 0.3) is 0 Å². The number of nitrogens with zero attached hydrogens (tertiary/aromatic N) is 3. The van der Waals surface area contributed by atoms with E-state index < -0.39 is 5.97 Å². The predicted octanol–water partition coefficient (Wildman–Crippen LogP) is 1.29. The third-order valence-electron chi connectivity index (χ3n) is 2.00. The smallest absolute Gasteiger partial charge is 0.350 e. The van der Waals surface area contributed by atoms with Gasteiger partial charge in [0, 0.05) is 18.8 Å². The molecule has 1 aromatic rings. The van der Waals surface area contributed by atoms with Crippen molar-refractivity contribution in [2.45, 2.75) is 20.4 Å². The first-order valence-electron chi connectivity index (χ1n) is 5.28. The molecule has 0 radical (unpaired) electrons. The molecule has 0 saturated heterocycles. The average molecular weight is 234 g/mol. The molecule has 1 rings (SSSR count). The van der Waals surface area contributed by atoms with Gasteiger partial charge in [0.05, 0.1) is 12.8 Å². The first-order valence-corrected chi connectivity index (χ1v) is 5.28. The lowest BCUT2D eigenvalue weighted by Gasteiger charge is -2.04. The minimum atomic E-state index is -0.634. The van der Waals surface area contributed by atoms with E-state index in [0.29, 0.717) is 12.4 Å². The van der Waals surface area contributed by atoms with Crippen LogP contribution in [0, 0.1) is 11.3 Å². The quantitative estimate of drug-likeness (QED) is 0.471. The van der Waals surface area contributed by atoms with Crippen LogP contribution in [0.25, 0.3) is 0 Å². The molecule has 0 fully saturated rings. The van der Waals surface area contributed by atoms with Crippen LogP contribution in [0.5, 0.6) is 0 Å². The summed E-state index contributed by atoms with van der Waals surface area (Å²) in [5.74, 6) is 0.0783. The van der Waals surface area contributed by atoms with Crippen molar-refractivity contribution < 1.29 is 9.53 Å². The summed E-state index contributed by atoms with van der Waals surface area (Å²) < 4.78 is 6.43. The Morgan fingerprint density at radius 2 is 2.47 bits per heavy atom. The van der Waals surface area contributed by atoms with Crippen LogP contribution in [0.1, 0.15) is 13.8 Å². The number of rotatable bonds is 5. The minimum absolute atomic E-state index is 0.0734. The summed E-state index contributed by atoms with van der Waals surface area (Å²) in [7, 11) is 0. The molecule has 1 heterocycles. The fourth-order valence-corrected chi connectivity index (χ4v) is 1.20. The molecule has 0 bridgehead atoms. The molecule has 6 nitrogen and oxygen atoms in total. The second-order valence-corrected chi connectivity index (χ2v) is 3.07. The van der Waals surface area contributed by atoms with Gasteiger partial charge in [-0.15, -0.1) is 0 Å². The van der Waals surface area contributed by atoms with Crippen molar-refractivity contribution in [1.29, 1.82) is 5.26 Å². The summed E-state index contributed by atoms with van der Waals surface area (Å²) in [6, 6.07) is 3.53. The Morgan fingerprint density at radius 3 is 3.06 bits per heavy atom. The number of aryl methyl sites for hydroxylation is 1. The highest BCUT2D eigenvalue weighted by atomic mass is 16.5. The Balaban J connectivity index is 2.75. The summed E-state index contributed by atoms with van der Waals surface area (Å²) in [6.45, 7) is 4.57. The van der Waals surface area contributed by atoms with E-state index in [1.165, 1.54) is 6.20 Å². The number of aromatic nitrogens is 2. The number of hydrogen-bond acceptors (Lipinski definition) is 5. The molecular formula is C11H14N4O2. The van der Waals surface area contributed by atoms with Crippen molar-refractivity contribution >= 4 is 11.8 Å². The van der Waals surface area contributed by atoms with Crippen molar-refractivity contribution in [2.75, 3.05) is 11.9 Å². The topological polar surface area (TPSA) is 79.9 Å². The summed E-state index contributed by atoms with van der Waals surface area (Å²) in [5.41, 5.74) is -0.0734. The van der Waals surface area contributed by atoms with Crippen molar-refractivity contribution in [2.24, 2.45) is 0 Å². The van der Waals surface area contributed by atoms with E-state index in [9.17, 15) is 4.79 Å². The molecule has 6 heteroatoms. The molecular weight excluding hydrogens is 220 g/mol. The maximum absolute atomic E-state index is 11.3. The first-order chi connectivity index (χ1) is 8.22. The first kappa shape index (κ1) is 12.8. The average Bonchev–Trinajstić information content (AvgIpc) is 2.77. The number of anilines is 1. The van der Waals surface area contributed by atoms with Crippen LogP contribution in [-0.4, -0.2) is 22.4 Å². The molecule has 0 saturated carbocycles. The van der Waals surface area contributed by atoms with Gasteiger partial charge in [-0.05, 0) is 13.8 Å². The van der Waals surface area contributed by atoms with E-state index in [1.807, 2.05) is 6.92 Å². The summed E-state index contributed by atoms with van der Waals surface area (Å²) in [4.78, 5) is 11.3. The third kappa shape index (κ3) is 3.34. The fourth-order valence-electron chi connectivity index (χ4n) is 1.20. The van der Waals surface area contributed by atoms with Gasteiger partial charge in [-0.2, -0.15) is 10.4 Å². The Morgan fingerprint density at radius 1 is 1.71 bits per heavy atom. The maximum Gasteiger partial charge on any atom is 0.350 e. The molecule has 0 unspecified atom stereocenters. The molecule has 17 heavy (non-hydrogen) atoms. The molecule has 0 aliphatic carbocycles. The maximum atomic E-state index is 11.3. The highest BCUT2D eigenvalue weighted by Gasteiger charge is 2.09. The zero-order valence-corrected chi connectivity index (χ0v) is 9.80. The Bertz CT molecular complexity index is 456. The van der Waals surface area contributed by atoms with Crippen molar-refractivity contribution in [1.82, 2.24) is 9.78 Å². The van der Waals surface area contributed by atoms with Crippen LogP contribution < -0.4 is 5.32 Å². The Hall–Kier alpha value is -2.29. The summed E-state index contributed by atoms with van der Waals surface area (Å²) in [5, 5.41) is 15.7. The Kier molecular flexibility index (Phi) is 4.76. The number of nitriles is 1. The van der Waals surface area contributed by atoms with Crippen LogP contribution in [0.3, 0.4) is 0 Å². The minimum Gasteiger partial charge on any atom is -0.462 e. The molecule has 90 valence electrons. The Labute approximate surface area is 99.5 Å². The molecule has 1 N–H and O–H groups in total. The van der Waals surface area contributed by atoms with Crippen LogP contribution in [0.4, 0.5) is 5.82 Å². The number of carbonyl (C=O) groups excluding carboxylic acids is 1. The molecule has 0 aliphatic heterocycles. The standard InChI is InChI=1S/C11H14N4O2/c1-3-15-10(5-6-14-15)13-8-9(7-12)11(16)17-4-2/h5-6,8,13H,3-4H2,1-2H3/b9-8+. The highest BCUT2D eigenvalue weighted by Crippen LogP contribution is 2.07. The SMILES string of the molecule is CCOC(=O)/C(C#N)=C/Nc1ccnn1CC. The van der Waals surface area contributed by atoms with E-state index in [0.717, 1.165) is 0 Å². The van der Waals surface area contributed by atoms with Gasteiger partial charge in [0.1, 0.15) is 11.9 Å². The van der Waals surface area contributed by atoms with Gasteiger partial charge in [0.15, 0.2) is 5.57 Å². The van der Waals surface area contributed by atoms with Crippen molar-refractivity contribution in [3.05, 3.63) is 24.0 Å². The van der Waals surface area contributed by atoms with Gasteiger partial charge in [0.2, 0.25) is 0 Å². The van der Waals surface area contributed by atoms with Gasteiger partial charge in [-0.1, -0.05) is 0 Å². The lowest BCUT2D eigenvalue weighted by Crippen LogP contribution is -2.09. The lowest BCUT2D eigenvalue weighted by molar-refractivity contribution is -0.138.